The van der Waals surface area contributed by atoms with Gasteiger partial charge in [0.2, 0.25) is 0 Å². The molecule has 0 saturated heterocycles. The van der Waals surface area contributed by atoms with E-state index in [9.17, 15) is 0 Å². The van der Waals surface area contributed by atoms with Gasteiger partial charge in [-0.3, -0.25) is 0 Å². The van der Waals surface area contributed by atoms with Crippen molar-refractivity contribution in [2.24, 2.45) is 0 Å². The van der Waals surface area contributed by atoms with Crippen LogP contribution in [-0.2, 0) is 12.8 Å². The number of unbranched alkanes of at least 4 members (excludes halogenated alkanes) is 8. The van der Waals surface area contributed by atoms with Gasteiger partial charge in [-0.25, -0.2) is 9.97 Å². The Hall–Kier alpha value is -14.2. The Labute approximate surface area is 812 Å². The largest absolute Gasteiger partial charge is 0.236 e. The molecule has 0 radical (unpaired) electrons. The molecule has 678 valence electrons. The van der Waals surface area contributed by atoms with Crippen LogP contribution in [-0.4, -0.2) is 9.97 Å². The normalized spacial score (nSPS) is 11.1. The zero-order valence-electron chi connectivity index (χ0n) is 83.0. The maximum Gasteiger partial charge on any atom is 0.159 e. The van der Waals surface area contributed by atoms with Gasteiger partial charge in [-0.2, -0.15) is 0 Å². The Kier molecular flexibility index (Phi) is 31.0. The summed E-state index contributed by atoms with van der Waals surface area (Å²) in [5, 5.41) is 0. The molecule has 0 aliphatic rings. The molecular weight excluding hydrogens is 1640 g/mol. The number of hydrogen-bond donors (Lipinski definition) is 0. The monoisotopic (exact) mass is 1770 g/mol. The van der Waals surface area contributed by atoms with E-state index in [-0.39, 0.29) is 0 Å². The number of hydrogen-bond acceptors (Lipinski definition) is 2. The molecule has 1 heterocycles. The molecule has 0 aliphatic heterocycles. The Morgan fingerprint density at radius 3 is 0.610 bits per heavy atom. The van der Waals surface area contributed by atoms with E-state index in [1.54, 1.807) is 0 Å². The third kappa shape index (κ3) is 24.3. The van der Waals surface area contributed by atoms with Gasteiger partial charge in [0.05, 0.1) is 0 Å². The van der Waals surface area contributed by atoms with Crippen molar-refractivity contribution >= 4 is 0 Å². The first kappa shape index (κ1) is 95.0. The highest BCUT2D eigenvalue weighted by atomic mass is 14.9. The van der Waals surface area contributed by atoms with E-state index in [1.807, 2.05) is 12.4 Å². The number of nitrogens with zero attached hydrogens (tertiary/aromatic N) is 2. The van der Waals surface area contributed by atoms with Gasteiger partial charge in [-0.1, -0.05) is 447 Å². The lowest BCUT2D eigenvalue weighted by Crippen LogP contribution is -1.98. The van der Waals surface area contributed by atoms with Crippen LogP contribution >= 0.6 is 0 Å². The summed E-state index contributed by atoms with van der Waals surface area (Å²) in [6.45, 7) is 35.1. The topological polar surface area (TPSA) is 25.8 Å². The number of benzene rings is 17. The van der Waals surface area contributed by atoms with Crippen LogP contribution in [0.15, 0.2) is 364 Å². The van der Waals surface area contributed by atoms with E-state index in [0.29, 0.717) is 0 Å². The molecule has 0 bridgehead atoms. The summed E-state index contributed by atoms with van der Waals surface area (Å²) in [7, 11) is 0. The fourth-order valence-electron chi connectivity index (χ4n) is 20.2. The summed E-state index contributed by atoms with van der Waals surface area (Å²) in [4.78, 5) is 9.45. The van der Waals surface area contributed by atoms with Crippen LogP contribution in [0.1, 0.15) is 167 Å². The van der Waals surface area contributed by atoms with Crippen molar-refractivity contribution in [3.05, 3.63) is 453 Å². The van der Waals surface area contributed by atoms with Crippen molar-refractivity contribution in [3.63, 3.8) is 0 Å². The van der Waals surface area contributed by atoms with E-state index in [2.05, 4.69) is 463 Å². The predicted molar refractivity (Wildman–Crippen MR) is 588 cm³/mol. The average Bonchev–Trinajstić information content (AvgIpc) is 0.781. The summed E-state index contributed by atoms with van der Waals surface area (Å²) in [5.74, 6) is 0.731. The van der Waals surface area contributed by atoms with Crippen LogP contribution in [0.2, 0.25) is 0 Å². The van der Waals surface area contributed by atoms with E-state index < -0.39 is 0 Å². The van der Waals surface area contributed by atoms with Crippen molar-refractivity contribution in [1.82, 2.24) is 9.97 Å². The highest BCUT2D eigenvalue weighted by Crippen LogP contribution is 2.42. The van der Waals surface area contributed by atoms with E-state index in [0.717, 1.165) is 35.4 Å². The molecule has 0 N–H and O–H groups in total. The molecule has 136 heavy (non-hydrogen) atoms. The van der Waals surface area contributed by atoms with Gasteiger partial charge in [0, 0.05) is 23.5 Å². The van der Waals surface area contributed by atoms with Crippen molar-refractivity contribution in [3.8, 4) is 167 Å². The zero-order chi connectivity index (χ0) is 94.9. The van der Waals surface area contributed by atoms with Gasteiger partial charge in [0.25, 0.3) is 0 Å². The van der Waals surface area contributed by atoms with Crippen molar-refractivity contribution < 1.29 is 0 Å². The minimum atomic E-state index is 0.731. The molecule has 0 fully saturated rings. The zero-order valence-corrected chi connectivity index (χ0v) is 83.0. The van der Waals surface area contributed by atoms with Crippen LogP contribution in [0, 0.1) is 96.9 Å². The SMILES string of the molecule is CCCCCCCc1cc(-c2cccc(-c3cc(C)cc(C)c3)c2)ccc1-c1ccc(-c2cccc(-c3cc(C)cc(C)c3)c2)cc1CCCCCCC.Cc1cc(C)cc(-c2cccc(-c3ccc(-c4ccc(-c5cccc(-c6cc(C)cc(C)c6)c5)cc4C)c(C)c3)c2)c1.Cc1cc(C)cc(-c2cccc(-c3ccc(-c4cnc(-c5cccc(-c6cc(C)cc(C)c6)c5)nc4)cc3)c2)c1. The number of rotatable bonds is 27. The Morgan fingerprint density at radius 2 is 0.353 bits per heavy atom. The first-order valence-electron chi connectivity index (χ1n) is 49.5. The summed E-state index contributed by atoms with van der Waals surface area (Å²) >= 11 is 0. The van der Waals surface area contributed by atoms with Crippen LogP contribution in [0.5, 0.6) is 0 Å². The van der Waals surface area contributed by atoms with Gasteiger partial charge < -0.3 is 0 Å². The summed E-state index contributed by atoms with van der Waals surface area (Å²) < 4.78 is 0. The van der Waals surface area contributed by atoms with Gasteiger partial charge >= 0.3 is 0 Å². The maximum atomic E-state index is 4.72. The fourth-order valence-corrected chi connectivity index (χ4v) is 20.2. The smallest absolute Gasteiger partial charge is 0.159 e. The lowest BCUT2D eigenvalue weighted by atomic mass is 9.86. The van der Waals surface area contributed by atoms with Crippen molar-refractivity contribution in [2.45, 2.75) is 188 Å². The second-order valence-corrected chi connectivity index (χ2v) is 38.7. The van der Waals surface area contributed by atoms with Crippen LogP contribution in [0.25, 0.3) is 167 Å². The molecule has 0 amide bonds. The highest BCUT2D eigenvalue weighted by molar-refractivity contribution is 5.86. The second-order valence-electron chi connectivity index (χ2n) is 38.7. The van der Waals surface area contributed by atoms with E-state index in [4.69, 9.17) is 9.97 Å². The lowest BCUT2D eigenvalue weighted by molar-refractivity contribution is 0.631. The van der Waals surface area contributed by atoms with E-state index >= 15 is 0 Å². The molecule has 2 nitrogen and oxygen atoms in total. The first-order valence-corrected chi connectivity index (χ1v) is 49.5. The average molecular weight is 1770 g/mol. The van der Waals surface area contributed by atoms with Crippen molar-refractivity contribution in [2.75, 3.05) is 0 Å². The molecule has 0 saturated carbocycles. The van der Waals surface area contributed by atoms with Gasteiger partial charge in [-0.05, 0) is 331 Å². The molecule has 0 atom stereocenters. The molecule has 2 heteroatoms. The maximum absolute atomic E-state index is 4.72. The number of aromatic nitrogens is 2. The van der Waals surface area contributed by atoms with Gasteiger partial charge in [0.15, 0.2) is 5.82 Å². The molecule has 17 aromatic carbocycles. The number of aryl methyl sites for hydroxylation is 16. The molecule has 18 rings (SSSR count). The van der Waals surface area contributed by atoms with Crippen molar-refractivity contribution in [1.29, 1.82) is 0 Å². The molecule has 0 aliphatic carbocycles. The lowest BCUT2D eigenvalue weighted by Gasteiger charge is -2.18. The van der Waals surface area contributed by atoms with Crippen LogP contribution in [0.3, 0.4) is 0 Å². The summed E-state index contributed by atoms with van der Waals surface area (Å²) in [6.07, 6.45) is 19.0. The molecule has 0 unspecified atom stereocenters. The Bertz CT molecular complexity index is 6710. The fraction of sp³-hybridized carbons (Fsp3) is 0.209. The summed E-state index contributed by atoms with van der Waals surface area (Å²) in [5.41, 5.74) is 57.3. The summed E-state index contributed by atoms with van der Waals surface area (Å²) in [6, 6.07) is 131. The van der Waals surface area contributed by atoms with Crippen LogP contribution < -0.4 is 0 Å². The minimum Gasteiger partial charge on any atom is -0.236 e. The Morgan fingerprint density at radius 1 is 0.154 bits per heavy atom. The second kappa shape index (κ2) is 44.3. The predicted octanol–water partition coefficient (Wildman–Crippen LogP) is 38.2. The standard InChI is InChI=1S/C54H62.C42H38.C38H32N2/c1-7-9-11-13-15-19-49-37-47(43-21-17-23-45(35-43)51-31-39(3)29-40(4)32-51)25-27-53(49)54-28-26-48(38-50(54)20-16-14-12-10-8-2)44-22-18-24-46(36-44)52-33-41(5)30-42(6)34-52;1-27-17-28(2)20-39(19-27)35-11-7-9-33(25-35)37-13-15-41(31(5)23-37)42-16-14-38(24-32(42)6)34-10-8-12-36(26-34)40-21-29(3)18-30(4)22-40;1-25-15-26(2)18-35(17-25)32-8-5-7-31(21-32)29-11-13-30(14-12-29)37-23-39-38(40-24-37)34-10-6-9-33(22-34)36-19-27(3)16-28(4)20-36/h17-18,21-38H,7-16,19-20H2,1-6H3;7-26H,1-6H3;5-24H,1-4H3. The molecule has 1 aromatic heterocycles. The van der Waals surface area contributed by atoms with Crippen LogP contribution in [0.4, 0.5) is 0 Å². The Balaban J connectivity index is 0.000000150. The molecule has 18 aromatic rings. The first-order chi connectivity index (χ1) is 65.9. The highest BCUT2D eigenvalue weighted by Gasteiger charge is 2.19. The third-order valence-electron chi connectivity index (χ3n) is 26.6. The van der Waals surface area contributed by atoms with E-state index in [1.165, 1.54) is 298 Å². The minimum absolute atomic E-state index is 0.731. The quantitative estimate of drug-likeness (QED) is 0.0480. The molecular formula is C134H132N2. The van der Waals surface area contributed by atoms with Gasteiger partial charge in [0.1, 0.15) is 0 Å². The third-order valence-corrected chi connectivity index (χ3v) is 26.6. The van der Waals surface area contributed by atoms with Gasteiger partial charge in [-0.15, -0.1) is 0 Å². The molecule has 0 spiro atoms.